The molecule has 0 aromatic carbocycles. The second-order valence-electron chi connectivity index (χ2n) is 5.44. The quantitative estimate of drug-likeness (QED) is 0.643. The van der Waals surface area contributed by atoms with E-state index in [1.54, 1.807) is 0 Å². The summed E-state index contributed by atoms with van der Waals surface area (Å²) in [6.07, 6.45) is 8.02. The first kappa shape index (κ1) is 12.8. The third-order valence-electron chi connectivity index (χ3n) is 3.78. The highest BCUT2D eigenvalue weighted by atomic mass is 16.3. The number of amides is 1. The molecule has 1 atom stereocenters. The third-order valence-corrected chi connectivity index (χ3v) is 3.78. The molecule has 2 fully saturated rings. The number of carbonyl (C=O) groups is 1. The summed E-state index contributed by atoms with van der Waals surface area (Å²) in [5, 5.41) is 15.7. The monoisotopic (exact) mass is 240 g/mol. The molecule has 0 bridgehead atoms. The maximum Gasteiger partial charge on any atom is 0.234 e. The summed E-state index contributed by atoms with van der Waals surface area (Å²) in [7, 11) is 0. The lowest BCUT2D eigenvalue weighted by molar-refractivity contribution is -0.121. The molecular weight excluding hydrogens is 216 g/mol. The van der Waals surface area contributed by atoms with Gasteiger partial charge in [-0.25, -0.2) is 0 Å². The maximum absolute atomic E-state index is 11.6. The third kappa shape index (κ3) is 4.64. The number of hydrogen-bond acceptors (Lipinski definition) is 3. The van der Waals surface area contributed by atoms with Gasteiger partial charge < -0.3 is 15.7 Å². The summed E-state index contributed by atoms with van der Waals surface area (Å²) in [5.41, 5.74) is 0. The lowest BCUT2D eigenvalue weighted by atomic mass is 9.95. The Labute approximate surface area is 103 Å². The first-order valence-electron chi connectivity index (χ1n) is 6.94. The predicted molar refractivity (Wildman–Crippen MR) is 66.6 cm³/mol. The molecule has 0 heterocycles. The predicted octanol–water partition coefficient (Wildman–Crippen LogP) is 0.796. The Morgan fingerprint density at radius 3 is 2.53 bits per heavy atom. The Kier molecular flexibility index (Phi) is 4.80. The highest BCUT2D eigenvalue weighted by Gasteiger charge is 2.29. The zero-order valence-corrected chi connectivity index (χ0v) is 10.5. The van der Waals surface area contributed by atoms with Crippen LogP contribution in [-0.4, -0.2) is 36.2 Å². The van der Waals surface area contributed by atoms with Crippen molar-refractivity contribution in [1.29, 1.82) is 0 Å². The molecule has 0 aromatic heterocycles. The molecule has 4 heteroatoms. The van der Waals surface area contributed by atoms with Crippen molar-refractivity contribution in [3.63, 3.8) is 0 Å². The molecule has 3 N–H and O–H groups in total. The lowest BCUT2D eigenvalue weighted by Crippen LogP contribution is -2.42. The van der Waals surface area contributed by atoms with Gasteiger partial charge in [0.2, 0.25) is 5.91 Å². The van der Waals surface area contributed by atoms with Gasteiger partial charge in [0.05, 0.1) is 12.6 Å². The van der Waals surface area contributed by atoms with Crippen LogP contribution in [0.15, 0.2) is 0 Å². The van der Waals surface area contributed by atoms with E-state index < -0.39 is 0 Å². The molecule has 17 heavy (non-hydrogen) atoms. The van der Waals surface area contributed by atoms with Crippen molar-refractivity contribution in [3.8, 4) is 0 Å². The number of hydrogen-bond donors (Lipinski definition) is 3. The molecule has 98 valence electrons. The van der Waals surface area contributed by atoms with Crippen LogP contribution in [0.3, 0.4) is 0 Å². The number of rotatable bonds is 6. The zero-order chi connectivity index (χ0) is 12.1. The summed E-state index contributed by atoms with van der Waals surface area (Å²) in [6.45, 7) is 0.878. The van der Waals surface area contributed by atoms with Crippen molar-refractivity contribution in [2.75, 3.05) is 13.1 Å². The Hall–Kier alpha value is -0.610. The minimum absolute atomic E-state index is 0.0693. The van der Waals surface area contributed by atoms with Gasteiger partial charge in [-0.15, -0.1) is 0 Å². The van der Waals surface area contributed by atoms with Gasteiger partial charge in [-0.2, -0.15) is 0 Å². The first-order valence-corrected chi connectivity index (χ1v) is 6.94. The highest BCUT2D eigenvalue weighted by molar-refractivity contribution is 5.78. The van der Waals surface area contributed by atoms with Crippen LogP contribution in [0.1, 0.15) is 44.9 Å². The molecule has 2 aliphatic rings. The average Bonchev–Trinajstić information content (AvgIpc) is 3.14. The molecule has 0 aromatic rings. The minimum Gasteiger partial charge on any atom is -0.392 e. The van der Waals surface area contributed by atoms with Gasteiger partial charge in [0.1, 0.15) is 0 Å². The van der Waals surface area contributed by atoms with Gasteiger partial charge in [0.15, 0.2) is 0 Å². The smallest absolute Gasteiger partial charge is 0.234 e. The number of carbonyl (C=O) groups excluding carboxylic acids is 1. The summed E-state index contributed by atoms with van der Waals surface area (Å²) in [4.78, 5) is 11.6. The van der Waals surface area contributed by atoms with E-state index in [4.69, 9.17) is 0 Å². The van der Waals surface area contributed by atoms with E-state index in [1.807, 2.05) is 0 Å². The molecule has 0 radical (unpaired) electrons. The maximum atomic E-state index is 11.6. The molecule has 0 aliphatic heterocycles. The average molecular weight is 240 g/mol. The van der Waals surface area contributed by atoms with Crippen molar-refractivity contribution >= 4 is 5.91 Å². The SMILES string of the molecule is O=C(CNCC(O)C1CC1)NC1CCCCC1. The Morgan fingerprint density at radius 1 is 1.18 bits per heavy atom. The van der Waals surface area contributed by atoms with Crippen molar-refractivity contribution in [3.05, 3.63) is 0 Å². The molecule has 1 unspecified atom stereocenters. The van der Waals surface area contributed by atoms with E-state index in [2.05, 4.69) is 10.6 Å². The molecular formula is C13H24N2O2. The molecule has 4 nitrogen and oxygen atoms in total. The fourth-order valence-corrected chi connectivity index (χ4v) is 2.51. The Morgan fingerprint density at radius 2 is 1.88 bits per heavy atom. The van der Waals surface area contributed by atoms with Crippen LogP contribution in [0.5, 0.6) is 0 Å². The van der Waals surface area contributed by atoms with Crippen molar-refractivity contribution < 1.29 is 9.90 Å². The Bertz CT molecular complexity index is 248. The lowest BCUT2D eigenvalue weighted by Gasteiger charge is -2.23. The van der Waals surface area contributed by atoms with E-state index in [9.17, 15) is 9.90 Å². The van der Waals surface area contributed by atoms with Gasteiger partial charge in [-0.3, -0.25) is 4.79 Å². The van der Waals surface area contributed by atoms with Crippen LogP contribution in [0.25, 0.3) is 0 Å². The summed E-state index contributed by atoms with van der Waals surface area (Å²) in [5.74, 6) is 0.545. The standard InChI is InChI=1S/C13H24N2O2/c16-12(10-6-7-10)8-14-9-13(17)15-11-4-2-1-3-5-11/h10-12,14,16H,1-9H2,(H,15,17). The van der Waals surface area contributed by atoms with E-state index in [-0.39, 0.29) is 12.0 Å². The van der Waals surface area contributed by atoms with Crippen LogP contribution in [0, 0.1) is 5.92 Å². The number of aliphatic hydroxyl groups excluding tert-OH is 1. The Balaban J connectivity index is 1.53. The van der Waals surface area contributed by atoms with Crippen molar-refractivity contribution in [2.45, 2.75) is 57.1 Å². The van der Waals surface area contributed by atoms with E-state index in [0.717, 1.165) is 25.7 Å². The number of aliphatic hydroxyl groups is 1. The van der Waals surface area contributed by atoms with Gasteiger partial charge in [-0.05, 0) is 31.6 Å². The van der Waals surface area contributed by atoms with Crippen LogP contribution >= 0.6 is 0 Å². The zero-order valence-electron chi connectivity index (χ0n) is 10.5. The molecule has 2 aliphatic carbocycles. The van der Waals surface area contributed by atoms with E-state index >= 15 is 0 Å². The summed E-state index contributed by atoms with van der Waals surface area (Å²) >= 11 is 0. The summed E-state index contributed by atoms with van der Waals surface area (Å²) < 4.78 is 0. The van der Waals surface area contributed by atoms with Crippen molar-refractivity contribution in [2.24, 2.45) is 5.92 Å². The van der Waals surface area contributed by atoms with E-state index in [0.29, 0.717) is 25.0 Å². The van der Waals surface area contributed by atoms with Gasteiger partial charge in [0, 0.05) is 12.6 Å². The molecule has 0 spiro atoms. The fourth-order valence-electron chi connectivity index (χ4n) is 2.51. The van der Waals surface area contributed by atoms with Crippen LogP contribution < -0.4 is 10.6 Å². The highest BCUT2D eigenvalue weighted by Crippen LogP contribution is 2.32. The van der Waals surface area contributed by atoms with Crippen LogP contribution in [0.4, 0.5) is 0 Å². The fraction of sp³-hybridized carbons (Fsp3) is 0.923. The number of nitrogens with one attached hydrogen (secondary N) is 2. The minimum atomic E-state index is -0.266. The topological polar surface area (TPSA) is 61.4 Å². The largest absolute Gasteiger partial charge is 0.392 e. The second-order valence-corrected chi connectivity index (χ2v) is 5.44. The normalized spacial score (nSPS) is 23.4. The van der Waals surface area contributed by atoms with Gasteiger partial charge in [-0.1, -0.05) is 19.3 Å². The van der Waals surface area contributed by atoms with Gasteiger partial charge >= 0.3 is 0 Å². The van der Waals surface area contributed by atoms with Crippen LogP contribution in [-0.2, 0) is 4.79 Å². The second kappa shape index (κ2) is 6.36. The molecule has 0 saturated heterocycles. The van der Waals surface area contributed by atoms with E-state index in [1.165, 1.54) is 19.3 Å². The van der Waals surface area contributed by atoms with Crippen LogP contribution in [0.2, 0.25) is 0 Å². The van der Waals surface area contributed by atoms with Gasteiger partial charge in [0.25, 0.3) is 0 Å². The molecule has 2 rings (SSSR count). The summed E-state index contributed by atoms with van der Waals surface area (Å²) in [6, 6.07) is 0.381. The molecule has 1 amide bonds. The first-order chi connectivity index (χ1) is 8.25. The van der Waals surface area contributed by atoms with Crippen molar-refractivity contribution in [1.82, 2.24) is 10.6 Å². The molecule has 2 saturated carbocycles.